The average Bonchev–Trinajstić information content (AvgIpc) is 2.56. The lowest BCUT2D eigenvalue weighted by Gasteiger charge is -2.23. The zero-order valence-electron chi connectivity index (χ0n) is 8.38. The smallest absolute Gasteiger partial charge is 0.329 e. The highest BCUT2D eigenvalue weighted by molar-refractivity contribution is 5.86. The summed E-state index contributed by atoms with van der Waals surface area (Å²) in [6, 6.07) is 4.34. The van der Waals surface area contributed by atoms with Crippen molar-refractivity contribution in [1.29, 1.82) is 0 Å². The van der Waals surface area contributed by atoms with Gasteiger partial charge in [0.2, 0.25) is 0 Å². The number of nitrogens with one attached hydrogen (secondary N) is 1. The highest BCUT2D eigenvalue weighted by Gasteiger charge is 2.42. The molecule has 4 heteroatoms. The van der Waals surface area contributed by atoms with Crippen LogP contribution in [0.2, 0.25) is 0 Å². The Morgan fingerprint density at radius 1 is 1.67 bits per heavy atom. The van der Waals surface area contributed by atoms with Crippen LogP contribution in [-0.4, -0.2) is 16.6 Å². The first-order valence-corrected chi connectivity index (χ1v) is 4.87. The van der Waals surface area contributed by atoms with Crippen molar-refractivity contribution in [1.82, 2.24) is 0 Å². The summed E-state index contributed by atoms with van der Waals surface area (Å²) < 4.78 is 12.9. The SMILES string of the molecule is CCC1(C(=O)O)Cc2ccc(F)cc2N1. The number of benzene rings is 1. The standard InChI is InChI=1S/C11H12FNO2/c1-2-11(10(14)15)6-7-3-4-8(12)5-9(7)13-11/h3-5,13H,2,6H2,1H3,(H,14,15). The van der Waals surface area contributed by atoms with Crippen molar-refractivity contribution in [3.63, 3.8) is 0 Å². The monoisotopic (exact) mass is 209 g/mol. The van der Waals surface area contributed by atoms with E-state index >= 15 is 0 Å². The normalized spacial score (nSPS) is 23.3. The molecule has 1 unspecified atom stereocenters. The highest BCUT2D eigenvalue weighted by Crippen LogP contribution is 2.35. The van der Waals surface area contributed by atoms with Crippen LogP contribution < -0.4 is 5.32 Å². The molecule has 1 aliphatic heterocycles. The lowest BCUT2D eigenvalue weighted by Crippen LogP contribution is -2.44. The maximum absolute atomic E-state index is 12.9. The third-order valence-corrected chi connectivity index (χ3v) is 2.95. The van der Waals surface area contributed by atoms with E-state index in [0.29, 0.717) is 18.5 Å². The Balaban J connectivity index is 2.39. The summed E-state index contributed by atoms with van der Waals surface area (Å²) in [6.45, 7) is 1.81. The number of carbonyl (C=O) groups is 1. The van der Waals surface area contributed by atoms with E-state index in [9.17, 15) is 9.18 Å². The van der Waals surface area contributed by atoms with E-state index in [4.69, 9.17) is 5.11 Å². The second-order valence-electron chi connectivity index (χ2n) is 3.84. The molecule has 1 aromatic carbocycles. The molecule has 0 fully saturated rings. The summed E-state index contributed by atoms with van der Waals surface area (Å²) in [7, 11) is 0. The number of carboxylic acids is 1. The summed E-state index contributed by atoms with van der Waals surface area (Å²) in [5, 5.41) is 12.0. The number of carboxylic acid groups (broad SMARTS) is 1. The molecule has 1 aliphatic rings. The molecule has 0 bridgehead atoms. The molecule has 0 spiro atoms. The Hall–Kier alpha value is -1.58. The fraction of sp³-hybridized carbons (Fsp3) is 0.364. The van der Waals surface area contributed by atoms with Gasteiger partial charge in [0.05, 0.1) is 0 Å². The van der Waals surface area contributed by atoms with E-state index in [1.165, 1.54) is 12.1 Å². The molecular weight excluding hydrogens is 197 g/mol. The molecule has 0 amide bonds. The van der Waals surface area contributed by atoms with Gasteiger partial charge in [0, 0.05) is 12.1 Å². The number of anilines is 1. The minimum Gasteiger partial charge on any atom is -0.479 e. The molecule has 1 atom stereocenters. The van der Waals surface area contributed by atoms with Gasteiger partial charge < -0.3 is 10.4 Å². The van der Waals surface area contributed by atoms with Crippen LogP contribution in [0.1, 0.15) is 18.9 Å². The van der Waals surface area contributed by atoms with E-state index in [1.54, 1.807) is 6.07 Å². The predicted molar refractivity (Wildman–Crippen MR) is 54.4 cm³/mol. The number of fused-ring (bicyclic) bond motifs is 1. The van der Waals surface area contributed by atoms with Gasteiger partial charge in [-0.1, -0.05) is 13.0 Å². The third kappa shape index (κ3) is 1.46. The zero-order chi connectivity index (χ0) is 11.1. The summed E-state index contributed by atoms with van der Waals surface area (Å²) in [4.78, 5) is 11.2. The number of hydrogen-bond acceptors (Lipinski definition) is 2. The molecule has 0 aromatic heterocycles. The Morgan fingerprint density at radius 2 is 2.40 bits per heavy atom. The lowest BCUT2D eigenvalue weighted by atomic mass is 9.92. The maximum atomic E-state index is 12.9. The molecule has 2 N–H and O–H groups in total. The van der Waals surface area contributed by atoms with Gasteiger partial charge in [-0.15, -0.1) is 0 Å². The number of aliphatic carboxylic acids is 1. The van der Waals surface area contributed by atoms with Crippen LogP contribution in [0.5, 0.6) is 0 Å². The van der Waals surface area contributed by atoms with Gasteiger partial charge in [-0.05, 0) is 24.1 Å². The molecular formula is C11H12FNO2. The summed E-state index contributed by atoms with van der Waals surface area (Å²) >= 11 is 0. The second-order valence-corrected chi connectivity index (χ2v) is 3.84. The van der Waals surface area contributed by atoms with Gasteiger partial charge >= 0.3 is 5.97 Å². The molecule has 3 nitrogen and oxygen atoms in total. The summed E-state index contributed by atoms with van der Waals surface area (Å²) in [5.74, 6) is -1.24. The van der Waals surface area contributed by atoms with E-state index in [0.717, 1.165) is 5.56 Å². The number of halogens is 1. The molecule has 1 heterocycles. The van der Waals surface area contributed by atoms with Crippen LogP contribution in [0, 0.1) is 5.82 Å². The second kappa shape index (κ2) is 3.22. The van der Waals surface area contributed by atoms with Crippen molar-refractivity contribution in [2.24, 2.45) is 0 Å². The lowest BCUT2D eigenvalue weighted by molar-refractivity contribution is -0.142. The van der Waals surface area contributed by atoms with Crippen LogP contribution >= 0.6 is 0 Å². The van der Waals surface area contributed by atoms with Crippen LogP contribution in [-0.2, 0) is 11.2 Å². The summed E-state index contributed by atoms with van der Waals surface area (Å²) in [5.41, 5.74) is 0.496. The first-order valence-electron chi connectivity index (χ1n) is 4.87. The fourth-order valence-corrected chi connectivity index (χ4v) is 1.94. The van der Waals surface area contributed by atoms with Crippen LogP contribution in [0.3, 0.4) is 0 Å². The van der Waals surface area contributed by atoms with Gasteiger partial charge in [0.25, 0.3) is 0 Å². The van der Waals surface area contributed by atoms with Crippen LogP contribution in [0.15, 0.2) is 18.2 Å². The fourth-order valence-electron chi connectivity index (χ4n) is 1.94. The Kier molecular flexibility index (Phi) is 2.14. The van der Waals surface area contributed by atoms with E-state index in [1.807, 2.05) is 6.92 Å². The minimum atomic E-state index is -0.962. The molecule has 2 rings (SSSR count). The van der Waals surface area contributed by atoms with Crippen molar-refractivity contribution in [2.45, 2.75) is 25.3 Å². The first-order chi connectivity index (χ1) is 7.07. The minimum absolute atomic E-state index is 0.349. The largest absolute Gasteiger partial charge is 0.479 e. The Morgan fingerprint density at radius 3 is 3.00 bits per heavy atom. The van der Waals surface area contributed by atoms with Gasteiger partial charge in [0.1, 0.15) is 11.4 Å². The average molecular weight is 209 g/mol. The molecule has 0 saturated carbocycles. The van der Waals surface area contributed by atoms with Crippen molar-refractivity contribution >= 4 is 11.7 Å². The van der Waals surface area contributed by atoms with Gasteiger partial charge in [-0.2, -0.15) is 0 Å². The molecule has 0 saturated heterocycles. The maximum Gasteiger partial charge on any atom is 0.329 e. The summed E-state index contributed by atoms with van der Waals surface area (Å²) in [6.07, 6.45) is 0.882. The van der Waals surface area contributed by atoms with Crippen molar-refractivity contribution in [3.8, 4) is 0 Å². The van der Waals surface area contributed by atoms with Gasteiger partial charge in [0.15, 0.2) is 0 Å². The Bertz CT molecular complexity index is 419. The van der Waals surface area contributed by atoms with E-state index in [-0.39, 0.29) is 5.82 Å². The molecule has 1 aromatic rings. The molecule has 0 radical (unpaired) electrons. The van der Waals surface area contributed by atoms with Crippen molar-refractivity contribution < 1.29 is 14.3 Å². The van der Waals surface area contributed by atoms with Gasteiger partial charge in [-0.3, -0.25) is 0 Å². The quantitative estimate of drug-likeness (QED) is 0.783. The third-order valence-electron chi connectivity index (χ3n) is 2.95. The topological polar surface area (TPSA) is 49.3 Å². The van der Waals surface area contributed by atoms with Crippen LogP contribution in [0.25, 0.3) is 0 Å². The van der Waals surface area contributed by atoms with Crippen molar-refractivity contribution in [3.05, 3.63) is 29.6 Å². The highest BCUT2D eigenvalue weighted by atomic mass is 19.1. The van der Waals surface area contributed by atoms with Gasteiger partial charge in [-0.25, -0.2) is 9.18 Å². The molecule has 0 aliphatic carbocycles. The number of rotatable bonds is 2. The molecule has 15 heavy (non-hydrogen) atoms. The zero-order valence-corrected chi connectivity index (χ0v) is 8.38. The Labute approximate surface area is 86.9 Å². The number of hydrogen-bond donors (Lipinski definition) is 2. The first kappa shape index (κ1) is 9.96. The predicted octanol–water partition coefficient (Wildman–Crippen LogP) is 2.03. The van der Waals surface area contributed by atoms with E-state index in [2.05, 4.69) is 5.32 Å². The van der Waals surface area contributed by atoms with Crippen LogP contribution in [0.4, 0.5) is 10.1 Å². The molecule has 80 valence electrons. The van der Waals surface area contributed by atoms with E-state index < -0.39 is 11.5 Å². The van der Waals surface area contributed by atoms with Crippen molar-refractivity contribution in [2.75, 3.05) is 5.32 Å².